The number of aromatic carboxylic acids is 1. The van der Waals surface area contributed by atoms with Crippen molar-refractivity contribution in [1.29, 1.82) is 0 Å². The third kappa shape index (κ3) is 2.26. The molecule has 0 saturated carbocycles. The Balaban J connectivity index is 1.91. The van der Waals surface area contributed by atoms with E-state index < -0.39 is 5.97 Å². The molecule has 3 rings (SSSR count). The van der Waals surface area contributed by atoms with E-state index >= 15 is 0 Å². The zero-order valence-corrected chi connectivity index (χ0v) is 12.2. The van der Waals surface area contributed by atoms with Crippen LogP contribution in [0.15, 0.2) is 4.52 Å². The van der Waals surface area contributed by atoms with Crippen molar-refractivity contribution in [3.8, 4) is 0 Å². The van der Waals surface area contributed by atoms with Gasteiger partial charge in [-0.3, -0.25) is 4.68 Å². The third-order valence-electron chi connectivity index (χ3n) is 3.62. The average molecular weight is 291 g/mol. The van der Waals surface area contributed by atoms with Gasteiger partial charge in [-0.15, -0.1) is 0 Å². The first kappa shape index (κ1) is 13.6. The third-order valence-corrected chi connectivity index (χ3v) is 3.62. The summed E-state index contributed by atoms with van der Waals surface area (Å²) in [5.41, 5.74) is 1.77. The average Bonchev–Trinajstić information content (AvgIpc) is 3.00. The van der Waals surface area contributed by atoms with E-state index in [1.807, 2.05) is 18.7 Å². The molecular weight excluding hydrogens is 274 g/mol. The number of carboxylic acids is 1. The molecule has 0 bridgehead atoms. The van der Waals surface area contributed by atoms with Gasteiger partial charge in [0.05, 0.1) is 12.2 Å². The van der Waals surface area contributed by atoms with Gasteiger partial charge in [-0.25, -0.2) is 4.79 Å². The first-order chi connectivity index (χ1) is 9.97. The fourth-order valence-electron chi connectivity index (χ4n) is 2.52. The van der Waals surface area contributed by atoms with Crippen molar-refractivity contribution in [3.05, 3.63) is 22.8 Å². The Labute approximate surface area is 121 Å². The van der Waals surface area contributed by atoms with Crippen molar-refractivity contribution >= 4 is 12.0 Å². The first-order valence-corrected chi connectivity index (χ1v) is 6.84. The van der Waals surface area contributed by atoms with Gasteiger partial charge in [0.1, 0.15) is 0 Å². The Morgan fingerprint density at radius 2 is 2.19 bits per heavy atom. The van der Waals surface area contributed by atoms with E-state index in [0.29, 0.717) is 31.3 Å². The predicted molar refractivity (Wildman–Crippen MR) is 73.3 cm³/mol. The summed E-state index contributed by atoms with van der Waals surface area (Å²) in [7, 11) is 1.65. The number of carbonyl (C=O) groups is 1. The van der Waals surface area contributed by atoms with Crippen molar-refractivity contribution in [2.75, 3.05) is 11.4 Å². The van der Waals surface area contributed by atoms with Gasteiger partial charge in [-0.1, -0.05) is 19.0 Å². The van der Waals surface area contributed by atoms with Crippen LogP contribution in [0.3, 0.4) is 0 Å². The lowest BCUT2D eigenvalue weighted by Gasteiger charge is -2.24. The number of hydrogen-bond donors (Lipinski definition) is 1. The molecule has 112 valence electrons. The maximum Gasteiger partial charge on any atom is 0.354 e. The molecule has 1 aliphatic heterocycles. The monoisotopic (exact) mass is 291 g/mol. The molecule has 0 radical (unpaired) electrons. The lowest BCUT2D eigenvalue weighted by atomic mass is 10.1. The Bertz CT molecular complexity index is 688. The van der Waals surface area contributed by atoms with Crippen LogP contribution >= 0.6 is 0 Å². The zero-order chi connectivity index (χ0) is 15.1. The number of aromatic nitrogens is 4. The van der Waals surface area contributed by atoms with Crippen LogP contribution in [0.4, 0.5) is 6.01 Å². The van der Waals surface area contributed by atoms with Gasteiger partial charge in [0, 0.05) is 31.5 Å². The number of hydrogen-bond acceptors (Lipinski definition) is 6. The van der Waals surface area contributed by atoms with Gasteiger partial charge in [0.25, 0.3) is 0 Å². The summed E-state index contributed by atoms with van der Waals surface area (Å²) in [5.74, 6) is -0.127. The normalized spacial score (nSPS) is 14.6. The minimum Gasteiger partial charge on any atom is -0.477 e. The van der Waals surface area contributed by atoms with Crippen LogP contribution < -0.4 is 4.90 Å². The quantitative estimate of drug-likeness (QED) is 0.907. The minimum absolute atomic E-state index is 0.191. The molecular formula is C13H17N5O3. The maximum atomic E-state index is 11.4. The number of carboxylic acid groups (broad SMARTS) is 1. The Hall–Kier alpha value is -2.38. The van der Waals surface area contributed by atoms with Crippen LogP contribution in [0.5, 0.6) is 0 Å². The molecule has 0 atom stereocenters. The van der Waals surface area contributed by atoms with Gasteiger partial charge in [-0.2, -0.15) is 10.1 Å². The minimum atomic E-state index is -0.971. The van der Waals surface area contributed by atoms with Crippen LogP contribution in [0, 0.1) is 0 Å². The van der Waals surface area contributed by atoms with E-state index in [1.54, 1.807) is 7.05 Å². The summed E-state index contributed by atoms with van der Waals surface area (Å²) in [6.45, 7) is 5.09. The SMILES string of the molecule is CC(C)c1noc(N2CCc3nn(C)c(C(=O)O)c3C2)n1. The Morgan fingerprint density at radius 3 is 2.81 bits per heavy atom. The molecule has 8 heteroatoms. The number of anilines is 1. The van der Waals surface area contributed by atoms with Gasteiger partial charge >= 0.3 is 12.0 Å². The van der Waals surface area contributed by atoms with Crippen molar-refractivity contribution in [3.63, 3.8) is 0 Å². The topological polar surface area (TPSA) is 97.3 Å². The molecule has 0 spiro atoms. The highest BCUT2D eigenvalue weighted by Gasteiger charge is 2.29. The molecule has 0 saturated heterocycles. The van der Waals surface area contributed by atoms with E-state index in [4.69, 9.17) is 4.52 Å². The fraction of sp³-hybridized carbons (Fsp3) is 0.538. The standard InChI is InChI=1S/C13H17N5O3/c1-7(2)11-14-13(21-16-11)18-5-4-9-8(6-18)10(12(19)20)17(3)15-9/h7H,4-6H2,1-3H3,(H,19,20). The van der Waals surface area contributed by atoms with Crippen LogP contribution in [-0.2, 0) is 20.0 Å². The van der Waals surface area contributed by atoms with E-state index in [2.05, 4.69) is 15.2 Å². The maximum absolute atomic E-state index is 11.4. The number of rotatable bonds is 3. The van der Waals surface area contributed by atoms with Crippen LogP contribution in [0.1, 0.15) is 47.3 Å². The molecule has 0 aliphatic carbocycles. The van der Waals surface area contributed by atoms with Crippen LogP contribution in [0.2, 0.25) is 0 Å². The summed E-state index contributed by atoms with van der Waals surface area (Å²) in [4.78, 5) is 17.6. The van der Waals surface area contributed by atoms with Gasteiger partial charge in [-0.05, 0) is 0 Å². The van der Waals surface area contributed by atoms with Crippen LogP contribution in [0.25, 0.3) is 0 Å². The second-order valence-electron chi connectivity index (χ2n) is 5.46. The summed E-state index contributed by atoms with van der Waals surface area (Å²) in [6, 6.07) is 0.435. The molecule has 2 aromatic rings. The highest BCUT2D eigenvalue weighted by Crippen LogP contribution is 2.26. The van der Waals surface area contributed by atoms with Crippen molar-refractivity contribution in [2.24, 2.45) is 7.05 Å². The summed E-state index contributed by atoms with van der Waals surface area (Å²) >= 11 is 0. The van der Waals surface area contributed by atoms with Gasteiger partial charge in [0.15, 0.2) is 11.5 Å². The van der Waals surface area contributed by atoms with Gasteiger partial charge < -0.3 is 14.5 Å². The molecule has 8 nitrogen and oxygen atoms in total. The first-order valence-electron chi connectivity index (χ1n) is 6.84. The zero-order valence-electron chi connectivity index (χ0n) is 12.2. The lowest BCUT2D eigenvalue weighted by Crippen LogP contribution is -2.31. The fourth-order valence-corrected chi connectivity index (χ4v) is 2.52. The molecule has 1 N–H and O–H groups in total. The van der Waals surface area contributed by atoms with Crippen LogP contribution in [-0.4, -0.2) is 37.5 Å². The summed E-state index contributed by atoms with van der Waals surface area (Å²) < 4.78 is 6.70. The van der Waals surface area contributed by atoms with E-state index in [9.17, 15) is 9.90 Å². The lowest BCUT2D eigenvalue weighted by molar-refractivity contribution is 0.0683. The highest BCUT2D eigenvalue weighted by atomic mass is 16.5. The number of aryl methyl sites for hydroxylation is 1. The number of nitrogens with zero attached hydrogens (tertiary/aromatic N) is 5. The molecule has 0 unspecified atom stereocenters. The largest absolute Gasteiger partial charge is 0.477 e. The van der Waals surface area contributed by atoms with Crippen molar-refractivity contribution in [1.82, 2.24) is 19.9 Å². The molecule has 1 aliphatic rings. The van der Waals surface area contributed by atoms with Gasteiger partial charge in [0.2, 0.25) is 0 Å². The predicted octanol–water partition coefficient (Wildman–Crippen LogP) is 1.19. The van der Waals surface area contributed by atoms with E-state index in [0.717, 1.165) is 11.3 Å². The number of fused-ring (bicyclic) bond motifs is 1. The summed E-state index contributed by atoms with van der Waals surface area (Å²) in [6.07, 6.45) is 0.663. The highest BCUT2D eigenvalue weighted by molar-refractivity contribution is 5.88. The van der Waals surface area contributed by atoms with E-state index in [1.165, 1.54) is 4.68 Å². The van der Waals surface area contributed by atoms with E-state index in [-0.39, 0.29) is 11.6 Å². The van der Waals surface area contributed by atoms with Crippen molar-refractivity contribution < 1.29 is 14.4 Å². The van der Waals surface area contributed by atoms with Crippen molar-refractivity contribution in [2.45, 2.75) is 32.7 Å². The molecule has 3 heterocycles. The second kappa shape index (κ2) is 4.87. The smallest absolute Gasteiger partial charge is 0.354 e. The molecule has 0 amide bonds. The Morgan fingerprint density at radius 1 is 1.43 bits per heavy atom. The molecule has 0 aromatic carbocycles. The molecule has 0 fully saturated rings. The molecule has 21 heavy (non-hydrogen) atoms. The Kier molecular flexibility index (Phi) is 3.15. The molecule has 2 aromatic heterocycles. The summed E-state index contributed by atoms with van der Waals surface area (Å²) in [5, 5.41) is 17.5. The second-order valence-corrected chi connectivity index (χ2v) is 5.46.